The molecule has 1 aliphatic heterocycles. The summed E-state index contributed by atoms with van der Waals surface area (Å²) in [5.41, 5.74) is 4.17. The highest BCUT2D eigenvalue weighted by Crippen LogP contribution is 2.45. The third kappa shape index (κ3) is 2.61. The first-order valence-electron chi connectivity index (χ1n) is 8.83. The average molecular weight is 394 g/mol. The minimum Gasteiger partial charge on any atom is -0.484 e. The van der Waals surface area contributed by atoms with Crippen molar-refractivity contribution in [3.05, 3.63) is 48.3 Å². The van der Waals surface area contributed by atoms with Crippen molar-refractivity contribution in [2.45, 2.75) is 25.9 Å². The van der Waals surface area contributed by atoms with E-state index in [1.54, 1.807) is 13.3 Å². The second-order valence-electron chi connectivity index (χ2n) is 7.35. The number of thiazole rings is 1. The Labute approximate surface area is 165 Å². The monoisotopic (exact) mass is 394 g/mol. The van der Waals surface area contributed by atoms with Gasteiger partial charge in [0.25, 0.3) is 0 Å². The predicted octanol–water partition coefficient (Wildman–Crippen LogP) is 4.89. The van der Waals surface area contributed by atoms with Crippen molar-refractivity contribution in [2.75, 3.05) is 7.11 Å². The molecular weight excluding hydrogens is 377 g/mol. The van der Waals surface area contributed by atoms with E-state index < -0.39 is 11.4 Å². The fourth-order valence-corrected chi connectivity index (χ4v) is 4.73. The van der Waals surface area contributed by atoms with Crippen LogP contribution in [0.2, 0.25) is 0 Å². The molecule has 0 unspecified atom stereocenters. The van der Waals surface area contributed by atoms with E-state index in [-0.39, 0.29) is 0 Å². The highest BCUT2D eigenvalue weighted by Gasteiger charge is 2.35. The molecule has 0 N–H and O–H groups in total. The van der Waals surface area contributed by atoms with Crippen LogP contribution in [0.3, 0.4) is 0 Å². The van der Waals surface area contributed by atoms with E-state index in [0.717, 1.165) is 37.4 Å². The summed E-state index contributed by atoms with van der Waals surface area (Å²) in [5, 5.41) is 0.772. The molecule has 5 nitrogen and oxygen atoms in total. The molecule has 0 bridgehead atoms. The van der Waals surface area contributed by atoms with E-state index in [1.165, 1.54) is 17.4 Å². The predicted molar refractivity (Wildman–Crippen MR) is 107 cm³/mol. The largest absolute Gasteiger partial charge is 0.484 e. The number of aromatic nitrogens is 3. The van der Waals surface area contributed by atoms with E-state index in [9.17, 15) is 4.39 Å². The van der Waals surface area contributed by atoms with Crippen molar-refractivity contribution in [1.82, 2.24) is 15.0 Å². The second kappa shape index (κ2) is 5.85. The highest BCUT2D eigenvalue weighted by atomic mass is 32.1. The first-order chi connectivity index (χ1) is 13.3. The summed E-state index contributed by atoms with van der Waals surface area (Å²) in [4.78, 5) is 13.7. The Morgan fingerprint density at radius 3 is 2.86 bits per heavy atom. The Hall–Kier alpha value is -2.80. The number of hydrogen-bond donors (Lipinski definition) is 0. The first-order valence-corrected chi connectivity index (χ1v) is 9.64. The van der Waals surface area contributed by atoms with Crippen LogP contribution in [0.25, 0.3) is 31.8 Å². The lowest BCUT2D eigenvalue weighted by atomic mass is 10.0. The van der Waals surface area contributed by atoms with Gasteiger partial charge >= 0.3 is 0 Å². The number of ether oxygens (including phenoxy) is 2. The minimum atomic E-state index is -0.667. The first kappa shape index (κ1) is 17.3. The zero-order chi connectivity index (χ0) is 19.6. The molecule has 0 fully saturated rings. The number of halogens is 1. The van der Waals surface area contributed by atoms with E-state index in [2.05, 4.69) is 16.9 Å². The smallest absolute Gasteiger partial charge is 0.232 e. The molecule has 2 aromatic heterocycles. The van der Waals surface area contributed by atoms with Gasteiger partial charge in [0.2, 0.25) is 5.88 Å². The van der Waals surface area contributed by atoms with Crippen LogP contribution in [0, 0.1) is 19.7 Å². The van der Waals surface area contributed by atoms with E-state index >= 15 is 0 Å². The topological polar surface area (TPSA) is 57.1 Å². The van der Waals surface area contributed by atoms with Gasteiger partial charge in [-0.1, -0.05) is 0 Å². The Kier molecular flexibility index (Phi) is 3.61. The molecule has 7 heteroatoms. The Morgan fingerprint density at radius 1 is 1.25 bits per heavy atom. The van der Waals surface area contributed by atoms with Crippen molar-refractivity contribution in [2.24, 2.45) is 0 Å². The SMILES string of the molecule is [CH2][C@]1(C)Cc2c(c(F)cc3nc(-c4cc(C)cc5nc(OC)cnc45)sc23)O1. The van der Waals surface area contributed by atoms with Gasteiger partial charge in [-0.2, -0.15) is 0 Å². The molecule has 5 rings (SSSR count). The molecule has 2 aromatic carbocycles. The van der Waals surface area contributed by atoms with Crippen molar-refractivity contribution in [1.29, 1.82) is 0 Å². The summed E-state index contributed by atoms with van der Waals surface area (Å²) in [6.45, 7) is 7.89. The molecule has 0 spiro atoms. The number of benzene rings is 2. The lowest BCUT2D eigenvalue weighted by Crippen LogP contribution is -2.25. The molecule has 141 valence electrons. The van der Waals surface area contributed by atoms with Crippen LogP contribution >= 0.6 is 11.3 Å². The van der Waals surface area contributed by atoms with Gasteiger partial charge in [0.05, 0.1) is 34.6 Å². The van der Waals surface area contributed by atoms with Crippen LogP contribution in [-0.2, 0) is 6.42 Å². The maximum atomic E-state index is 14.6. The van der Waals surface area contributed by atoms with Gasteiger partial charge < -0.3 is 9.47 Å². The van der Waals surface area contributed by atoms with Crippen molar-refractivity contribution >= 4 is 32.6 Å². The van der Waals surface area contributed by atoms with Gasteiger partial charge in [0.1, 0.15) is 10.6 Å². The maximum absolute atomic E-state index is 14.6. The minimum absolute atomic E-state index is 0.291. The summed E-state index contributed by atoms with van der Waals surface area (Å²) < 4.78 is 26.4. The Morgan fingerprint density at radius 2 is 2.07 bits per heavy atom. The molecule has 28 heavy (non-hydrogen) atoms. The molecule has 1 atom stereocenters. The molecule has 0 saturated carbocycles. The van der Waals surface area contributed by atoms with Crippen LogP contribution < -0.4 is 9.47 Å². The number of hydrogen-bond acceptors (Lipinski definition) is 6. The van der Waals surface area contributed by atoms with Crippen molar-refractivity contribution in [3.8, 4) is 22.2 Å². The standard InChI is InChI=1S/C21H17FN3O2S/c1-10-5-11(17-14(6-10)24-16(26-4)9-23-17)20-25-15-7-13(22)18-12(19(15)28-20)8-21(2,3)27-18/h5-7,9H,2,8H2,1,3-4H3/t21-/m0/s1. The second-order valence-corrected chi connectivity index (χ2v) is 8.35. The number of fused-ring (bicyclic) bond motifs is 4. The zero-order valence-electron chi connectivity index (χ0n) is 15.7. The maximum Gasteiger partial charge on any atom is 0.232 e. The summed E-state index contributed by atoms with van der Waals surface area (Å²) in [7, 11) is 1.56. The molecule has 1 radical (unpaired) electrons. The van der Waals surface area contributed by atoms with Gasteiger partial charge in [0, 0.05) is 23.6 Å². The summed E-state index contributed by atoms with van der Waals surface area (Å²) >= 11 is 1.51. The van der Waals surface area contributed by atoms with Gasteiger partial charge in [-0.25, -0.2) is 19.3 Å². The summed E-state index contributed by atoms with van der Waals surface area (Å²) in [5.74, 6) is 0.351. The lowest BCUT2D eigenvalue weighted by molar-refractivity contribution is 0.161. The van der Waals surface area contributed by atoms with E-state index in [4.69, 9.17) is 14.5 Å². The Bertz CT molecular complexity index is 1270. The van der Waals surface area contributed by atoms with Crippen LogP contribution in [0.5, 0.6) is 11.6 Å². The molecule has 0 amide bonds. The normalized spacial score (nSPS) is 15.0. The van der Waals surface area contributed by atoms with E-state index in [1.807, 2.05) is 26.0 Å². The van der Waals surface area contributed by atoms with Gasteiger partial charge in [-0.15, -0.1) is 11.3 Å². The number of methoxy groups -OCH3 is 1. The molecule has 4 aromatic rings. The zero-order valence-corrected chi connectivity index (χ0v) is 16.5. The van der Waals surface area contributed by atoms with Gasteiger partial charge in [-0.05, 0) is 38.5 Å². The van der Waals surface area contributed by atoms with Crippen LogP contribution in [0.4, 0.5) is 4.39 Å². The third-order valence-electron chi connectivity index (χ3n) is 4.79. The van der Waals surface area contributed by atoms with Crippen molar-refractivity contribution < 1.29 is 13.9 Å². The summed E-state index contributed by atoms with van der Waals surface area (Å²) in [6.07, 6.45) is 2.14. The fourth-order valence-electron chi connectivity index (χ4n) is 3.63. The molecule has 0 saturated heterocycles. The van der Waals surface area contributed by atoms with Crippen LogP contribution in [0.15, 0.2) is 24.4 Å². The lowest BCUT2D eigenvalue weighted by Gasteiger charge is -2.16. The number of nitrogens with zero attached hydrogens (tertiary/aromatic N) is 3. The summed E-state index contributed by atoms with van der Waals surface area (Å²) in [6, 6.07) is 5.42. The van der Waals surface area contributed by atoms with Crippen LogP contribution in [0.1, 0.15) is 18.1 Å². The highest BCUT2D eigenvalue weighted by molar-refractivity contribution is 7.22. The van der Waals surface area contributed by atoms with Crippen molar-refractivity contribution in [3.63, 3.8) is 0 Å². The van der Waals surface area contributed by atoms with Gasteiger partial charge in [-0.3, -0.25) is 0 Å². The molecule has 0 aliphatic carbocycles. The average Bonchev–Trinajstić information content (AvgIpc) is 3.20. The quantitative estimate of drug-likeness (QED) is 0.484. The number of rotatable bonds is 2. The molecule has 1 aliphatic rings. The molecule has 3 heterocycles. The molecular formula is C21H17FN3O2S. The van der Waals surface area contributed by atoms with Gasteiger partial charge in [0.15, 0.2) is 11.6 Å². The van der Waals surface area contributed by atoms with Crippen LogP contribution in [-0.4, -0.2) is 27.7 Å². The number of aryl methyl sites for hydroxylation is 1. The Balaban J connectivity index is 1.75. The fraction of sp³-hybridized carbons (Fsp3) is 0.238. The van der Waals surface area contributed by atoms with E-state index in [0.29, 0.717) is 23.6 Å². The third-order valence-corrected chi connectivity index (χ3v) is 5.95.